The molecule has 0 radical (unpaired) electrons. The first-order chi connectivity index (χ1) is 17.5. The van der Waals surface area contributed by atoms with Gasteiger partial charge in [-0.05, 0) is 12.8 Å². The fourth-order valence-electron chi connectivity index (χ4n) is 5.49. The van der Waals surface area contributed by atoms with Crippen LogP contribution in [0.2, 0.25) is 0 Å². The molecule has 0 bridgehead atoms. The predicted molar refractivity (Wildman–Crippen MR) is 154 cm³/mol. The Morgan fingerprint density at radius 2 is 0.694 bits per heavy atom. The Kier molecular flexibility index (Phi) is 24.8. The number of unbranched alkanes of at least 4 members (excludes halogenated alkanes) is 22. The molecule has 4 nitrogen and oxygen atoms in total. The molecule has 0 spiro atoms. The van der Waals surface area contributed by atoms with E-state index in [0.717, 1.165) is 38.5 Å². The third-order valence-corrected chi connectivity index (χ3v) is 7.96. The molecule has 2 N–H and O–H groups in total. The summed E-state index contributed by atoms with van der Waals surface area (Å²) in [5, 5.41) is 19.4. The first-order valence-electron chi connectivity index (χ1n) is 15.9. The lowest BCUT2D eigenvalue weighted by atomic mass is 9.75. The Morgan fingerprint density at radius 1 is 0.444 bits per heavy atom. The van der Waals surface area contributed by atoms with Gasteiger partial charge in [0.15, 0.2) is 0 Å². The lowest BCUT2D eigenvalue weighted by Gasteiger charge is -2.28. The maximum absolute atomic E-state index is 12.2. The minimum absolute atomic E-state index is 0.238. The molecule has 0 unspecified atom stereocenters. The SMILES string of the molecule is CCCCCCCCCCCCCCC(CCCCCCCCCCCCCC)(CC(=O)O)C(=O)O. The lowest BCUT2D eigenvalue weighted by Crippen LogP contribution is -2.33. The highest BCUT2D eigenvalue weighted by atomic mass is 16.4. The molecule has 4 heteroatoms. The van der Waals surface area contributed by atoms with Gasteiger partial charge in [-0.25, -0.2) is 0 Å². The molecule has 0 fully saturated rings. The molecule has 0 aliphatic heterocycles. The molecule has 0 amide bonds. The lowest BCUT2D eigenvalue weighted by molar-refractivity contribution is -0.157. The molecule has 0 saturated carbocycles. The number of hydrogen-bond acceptors (Lipinski definition) is 2. The smallest absolute Gasteiger partial charge is 0.310 e. The number of aliphatic carboxylic acids is 2. The van der Waals surface area contributed by atoms with Crippen molar-refractivity contribution in [3.63, 3.8) is 0 Å². The second-order valence-electron chi connectivity index (χ2n) is 11.4. The number of carboxylic acids is 2. The Morgan fingerprint density at radius 3 is 0.917 bits per heavy atom. The van der Waals surface area contributed by atoms with E-state index in [1.807, 2.05) is 0 Å². The van der Waals surface area contributed by atoms with Gasteiger partial charge in [0.25, 0.3) is 0 Å². The van der Waals surface area contributed by atoms with Crippen LogP contribution in [0, 0.1) is 5.41 Å². The van der Waals surface area contributed by atoms with E-state index in [2.05, 4.69) is 13.8 Å². The van der Waals surface area contributed by atoms with Gasteiger partial charge in [0.2, 0.25) is 0 Å². The van der Waals surface area contributed by atoms with Crippen LogP contribution in [-0.2, 0) is 9.59 Å². The first-order valence-corrected chi connectivity index (χ1v) is 15.9. The highest BCUT2D eigenvalue weighted by Crippen LogP contribution is 2.36. The third-order valence-electron chi connectivity index (χ3n) is 7.96. The van der Waals surface area contributed by atoms with Crippen LogP contribution in [0.15, 0.2) is 0 Å². The van der Waals surface area contributed by atoms with E-state index >= 15 is 0 Å². The standard InChI is InChI=1S/C32H62O4/c1-3-5-7-9-11-13-15-17-19-21-23-25-27-32(31(35)36,29-30(33)34)28-26-24-22-20-18-16-14-12-10-8-6-4-2/h3-29H2,1-2H3,(H,33,34)(H,35,36). The van der Waals surface area contributed by atoms with E-state index in [1.165, 1.54) is 116 Å². The number of carboxylic acid groups (broad SMARTS) is 2. The highest BCUT2D eigenvalue weighted by molar-refractivity contribution is 5.81. The van der Waals surface area contributed by atoms with Gasteiger partial charge >= 0.3 is 11.9 Å². The molecule has 0 aromatic carbocycles. The molecular formula is C32H62O4. The zero-order chi connectivity index (χ0) is 26.7. The summed E-state index contributed by atoms with van der Waals surface area (Å²) < 4.78 is 0. The predicted octanol–water partition coefficient (Wildman–Crippen LogP) is 10.7. The maximum atomic E-state index is 12.2. The molecule has 0 aromatic heterocycles. The molecule has 36 heavy (non-hydrogen) atoms. The average molecular weight is 511 g/mol. The Labute approximate surface area is 224 Å². The summed E-state index contributed by atoms with van der Waals surface area (Å²) >= 11 is 0. The van der Waals surface area contributed by atoms with Crippen LogP contribution in [-0.4, -0.2) is 22.2 Å². The van der Waals surface area contributed by atoms with Gasteiger partial charge in [0.05, 0.1) is 11.8 Å². The molecule has 0 heterocycles. The summed E-state index contributed by atoms with van der Waals surface area (Å²) in [4.78, 5) is 23.7. The van der Waals surface area contributed by atoms with Gasteiger partial charge in [-0.1, -0.05) is 168 Å². The van der Waals surface area contributed by atoms with Crippen molar-refractivity contribution < 1.29 is 19.8 Å². The summed E-state index contributed by atoms with van der Waals surface area (Å²) in [6, 6.07) is 0. The Bertz CT molecular complexity index is 474. The van der Waals surface area contributed by atoms with E-state index in [1.54, 1.807) is 0 Å². The van der Waals surface area contributed by atoms with Crippen molar-refractivity contribution in [2.45, 2.75) is 187 Å². The minimum Gasteiger partial charge on any atom is -0.481 e. The molecule has 214 valence electrons. The number of rotatable bonds is 29. The van der Waals surface area contributed by atoms with E-state index in [9.17, 15) is 19.8 Å². The van der Waals surface area contributed by atoms with Crippen molar-refractivity contribution in [2.75, 3.05) is 0 Å². The van der Waals surface area contributed by atoms with Crippen molar-refractivity contribution >= 4 is 11.9 Å². The van der Waals surface area contributed by atoms with Crippen molar-refractivity contribution in [1.29, 1.82) is 0 Å². The molecule has 0 rings (SSSR count). The quantitative estimate of drug-likeness (QED) is 0.0981. The van der Waals surface area contributed by atoms with Crippen molar-refractivity contribution in [2.24, 2.45) is 5.41 Å². The van der Waals surface area contributed by atoms with E-state index in [-0.39, 0.29) is 6.42 Å². The molecular weight excluding hydrogens is 448 g/mol. The largest absolute Gasteiger partial charge is 0.481 e. The van der Waals surface area contributed by atoms with Crippen LogP contribution in [0.3, 0.4) is 0 Å². The van der Waals surface area contributed by atoms with Gasteiger partial charge in [0.1, 0.15) is 0 Å². The summed E-state index contributed by atoms with van der Waals surface area (Å²) in [6.45, 7) is 4.50. The first kappa shape index (κ1) is 34.9. The van der Waals surface area contributed by atoms with Crippen LogP contribution < -0.4 is 0 Å². The second kappa shape index (κ2) is 25.6. The van der Waals surface area contributed by atoms with Gasteiger partial charge in [0, 0.05) is 0 Å². The van der Waals surface area contributed by atoms with E-state index < -0.39 is 17.4 Å². The van der Waals surface area contributed by atoms with Crippen molar-refractivity contribution in [1.82, 2.24) is 0 Å². The molecule has 0 aromatic rings. The maximum Gasteiger partial charge on any atom is 0.310 e. The molecule has 0 aliphatic carbocycles. The van der Waals surface area contributed by atoms with E-state index in [0.29, 0.717) is 12.8 Å². The number of hydrogen-bond donors (Lipinski definition) is 2. The van der Waals surface area contributed by atoms with Crippen LogP contribution in [0.25, 0.3) is 0 Å². The normalized spacial score (nSPS) is 11.7. The Balaban J connectivity index is 4.02. The fourth-order valence-corrected chi connectivity index (χ4v) is 5.49. The monoisotopic (exact) mass is 510 g/mol. The molecule has 0 saturated heterocycles. The average Bonchev–Trinajstić information content (AvgIpc) is 2.84. The van der Waals surface area contributed by atoms with Gasteiger partial charge in [-0.2, -0.15) is 0 Å². The van der Waals surface area contributed by atoms with Gasteiger partial charge < -0.3 is 10.2 Å². The summed E-state index contributed by atoms with van der Waals surface area (Å²) in [7, 11) is 0. The molecule has 0 atom stereocenters. The zero-order valence-corrected chi connectivity index (χ0v) is 24.3. The second-order valence-corrected chi connectivity index (χ2v) is 11.4. The van der Waals surface area contributed by atoms with Crippen LogP contribution in [0.4, 0.5) is 0 Å². The van der Waals surface area contributed by atoms with Crippen molar-refractivity contribution in [3.05, 3.63) is 0 Å². The van der Waals surface area contributed by atoms with Crippen LogP contribution >= 0.6 is 0 Å². The zero-order valence-electron chi connectivity index (χ0n) is 24.3. The summed E-state index contributed by atoms with van der Waals surface area (Å²) in [5.41, 5.74) is -1.08. The third kappa shape index (κ3) is 21.1. The van der Waals surface area contributed by atoms with Gasteiger partial charge in [-0.15, -0.1) is 0 Å². The number of carbonyl (C=O) groups is 2. The van der Waals surface area contributed by atoms with Crippen molar-refractivity contribution in [3.8, 4) is 0 Å². The Hall–Kier alpha value is -1.06. The van der Waals surface area contributed by atoms with Gasteiger partial charge in [-0.3, -0.25) is 9.59 Å². The summed E-state index contributed by atoms with van der Waals surface area (Å²) in [5.74, 6) is -1.88. The fraction of sp³-hybridized carbons (Fsp3) is 0.938. The van der Waals surface area contributed by atoms with E-state index in [4.69, 9.17) is 0 Å². The van der Waals surface area contributed by atoms with Crippen LogP contribution in [0.1, 0.15) is 187 Å². The van der Waals surface area contributed by atoms with Crippen LogP contribution in [0.5, 0.6) is 0 Å². The minimum atomic E-state index is -1.08. The highest BCUT2D eigenvalue weighted by Gasteiger charge is 2.39. The molecule has 0 aliphatic rings. The topological polar surface area (TPSA) is 74.6 Å². The summed E-state index contributed by atoms with van der Waals surface area (Å²) in [6.07, 6.45) is 30.5.